The lowest BCUT2D eigenvalue weighted by molar-refractivity contribution is -0.0625. The first kappa shape index (κ1) is 15.3. The minimum atomic E-state index is -0.776. The highest BCUT2D eigenvalue weighted by Crippen LogP contribution is 2.39. The van der Waals surface area contributed by atoms with Crippen molar-refractivity contribution in [2.75, 3.05) is 13.2 Å². The van der Waals surface area contributed by atoms with Crippen LogP contribution in [0.15, 0.2) is 28.7 Å². The van der Waals surface area contributed by atoms with E-state index in [0.29, 0.717) is 13.2 Å². The molecule has 1 heterocycles. The van der Waals surface area contributed by atoms with E-state index in [-0.39, 0.29) is 5.92 Å². The molecule has 0 amide bonds. The van der Waals surface area contributed by atoms with Crippen molar-refractivity contribution >= 4 is 22.1 Å². The van der Waals surface area contributed by atoms with E-state index in [4.69, 9.17) is 14.2 Å². The molecule has 0 spiro atoms. The third-order valence-electron chi connectivity index (χ3n) is 3.48. The third-order valence-corrected chi connectivity index (χ3v) is 4.01. The molecule has 0 radical (unpaired) electrons. The fraction of sp³-hybridized carbons (Fsp3) is 0.533. The van der Waals surface area contributed by atoms with Gasteiger partial charge in [-0.1, -0.05) is 35.0 Å². The fourth-order valence-corrected chi connectivity index (χ4v) is 2.32. The normalized spacial score (nSPS) is 22.1. The van der Waals surface area contributed by atoms with Gasteiger partial charge in [0.15, 0.2) is 0 Å². The Labute approximate surface area is 127 Å². The largest absolute Gasteiger partial charge is 0.510 e. The molecule has 1 saturated heterocycles. The second kappa shape index (κ2) is 6.59. The maximum Gasteiger partial charge on any atom is 0.510 e. The van der Waals surface area contributed by atoms with Gasteiger partial charge >= 0.3 is 6.16 Å². The predicted molar refractivity (Wildman–Crippen MR) is 78.4 cm³/mol. The minimum absolute atomic E-state index is 0.135. The zero-order valence-electron chi connectivity index (χ0n) is 11.7. The van der Waals surface area contributed by atoms with E-state index in [1.807, 2.05) is 19.1 Å². The van der Waals surface area contributed by atoms with Gasteiger partial charge in [-0.2, -0.15) is 0 Å². The lowest BCUT2D eigenvalue weighted by Crippen LogP contribution is -2.29. The lowest BCUT2D eigenvalue weighted by atomic mass is 9.96. The number of carbonyl (C=O) groups is 1. The summed E-state index contributed by atoms with van der Waals surface area (Å²) in [5.41, 5.74) is 1.26. The van der Waals surface area contributed by atoms with Crippen LogP contribution in [0.1, 0.15) is 25.8 Å². The van der Waals surface area contributed by atoms with Crippen LogP contribution in [-0.4, -0.2) is 25.2 Å². The van der Waals surface area contributed by atoms with E-state index in [1.54, 1.807) is 6.92 Å². The van der Waals surface area contributed by atoms with Gasteiger partial charge in [0, 0.05) is 10.4 Å². The molecule has 2 unspecified atom stereocenters. The van der Waals surface area contributed by atoms with Gasteiger partial charge in [-0.3, -0.25) is 0 Å². The smallest absolute Gasteiger partial charge is 0.435 e. The van der Waals surface area contributed by atoms with Crippen LogP contribution in [0.3, 0.4) is 0 Å². The highest BCUT2D eigenvalue weighted by Gasteiger charge is 2.54. The minimum Gasteiger partial charge on any atom is -0.435 e. The molecule has 0 aromatic heterocycles. The number of carbonyl (C=O) groups excluding carboxylic acids is 1. The number of aryl methyl sites for hydroxylation is 1. The molecule has 1 aliphatic rings. The number of benzene rings is 1. The van der Waals surface area contributed by atoms with Gasteiger partial charge in [-0.15, -0.1) is 0 Å². The van der Waals surface area contributed by atoms with Crippen molar-refractivity contribution in [3.05, 3.63) is 34.3 Å². The Bertz CT molecular complexity index is 453. The van der Waals surface area contributed by atoms with Crippen LogP contribution in [0.4, 0.5) is 4.79 Å². The first-order valence-electron chi connectivity index (χ1n) is 6.80. The van der Waals surface area contributed by atoms with Gasteiger partial charge in [-0.25, -0.2) is 4.79 Å². The molecular weight excluding hydrogens is 324 g/mol. The van der Waals surface area contributed by atoms with E-state index in [0.717, 1.165) is 17.3 Å². The maximum atomic E-state index is 11.4. The molecule has 0 N–H and O–H groups in total. The Kier molecular flexibility index (Phi) is 5.05. The van der Waals surface area contributed by atoms with Crippen molar-refractivity contribution in [2.45, 2.75) is 32.5 Å². The van der Waals surface area contributed by atoms with Crippen LogP contribution >= 0.6 is 15.9 Å². The summed E-state index contributed by atoms with van der Waals surface area (Å²) in [6.07, 6.45) is 1.16. The van der Waals surface area contributed by atoms with Crippen LogP contribution in [0.25, 0.3) is 0 Å². The number of halogens is 1. The number of hydrogen-bond donors (Lipinski definition) is 0. The van der Waals surface area contributed by atoms with Crippen LogP contribution < -0.4 is 0 Å². The highest BCUT2D eigenvalue weighted by molar-refractivity contribution is 9.10. The Morgan fingerprint density at radius 2 is 2.10 bits per heavy atom. The van der Waals surface area contributed by atoms with Crippen LogP contribution in [0.5, 0.6) is 0 Å². The molecule has 2 rings (SSSR count). The number of hydrogen-bond acceptors (Lipinski definition) is 4. The van der Waals surface area contributed by atoms with Crippen LogP contribution in [-0.2, 0) is 20.6 Å². The van der Waals surface area contributed by atoms with Crippen molar-refractivity contribution in [2.24, 2.45) is 5.92 Å². The number of epoxide rings is 1. The monoisotopic (exact) mass is 342 g/mol. The van der Waals surface area contributed by atoms with Crippen molar-refractivity contribution in [1.82, 2.24) is 0 Å². The van der Waals surface area contributed by atoms with Gasteiger partial charge in [0.1, 0.15) is 6.61 Å². The molecule has 1 fully saturated rings. The van der Waals surface area contributed by atoms with Crippen LogP contribution in [0, 0.1) is 5.92 Å². The summed E-state index contributed by atoms with van der Waals surface area (Å²) in [6.45, 7) is 4.54. The van der Waals surface area contributed by atoms with Crippen molar-refractivity contribution in [1.29, 1.82) is 0 Å². The predicted octanol–water partition coefficient (Wildman–Crippen LogP) is 3.92. The molecule has 1 aromatic carbocycles. The van der Waals surface area contributed by atoms with Gasteiger partial charge < -0.3 is 14.2 Å². The second-order valence-corrected chi connectivity index (χ2v) is 5.87. The first-order valence-corrected chi connectivity index (χ1v) is 7.59. The number of rotatable bonds is 6. The second-order valence-electron chi connectivity index (χ2n) is 4.95. The number of ether oxygens (including phenoxy) is 3. The average Bonchev–Trinajstić information content (AvgIpc) is 3.19. The van der Waals surface area contributed by atoms with Gasteiger partial charge in [0.25, 0.3) is 0 Å². The standard InChI is InChI=1S/C15H19BrO4/c1-3-18-14(17)20-15(10-19-15)11(2)4-5-12-6-8-13(16)9-7-12/h6-9,11H,3-5,10H2,1-2H3. The summed E-state index contributed by atoms with van der Waals surface area (Å²) in [5, 5.41) is 0. The summed E-state index contributed by atoms with van der Waals surface area (Å²) in [5.74, 6) is -0.641. The molecular formula is C15H19BrO4. The average molecular weight is 343 g/mol. The van der Waals surface area contributed by atoms with Gasteiger partial charge in [-0.05, 0) is 37.5 Å². The highest BCUT2D eigenvalue weighted by atomic mass is 79.9. The zero-order valence-corrected chi connectivity index (χ0v) is 13.3. The Hall–Kier alpha value is -1.07. The summed E-state index contributed by atoms with van der Waals surface area (Å²) < 4.78 is 16.5. The first-order chi connectivity index (χ1) is 9.55. The van der Waals surface area contributed by atoms with E-state index in [2.05, 4.69) is 28.1 Å². The van der Waals surface area contributed by atoms with E-state index < -0.39 is 11.9 Å². The van der Waals surface area contributed by atoms with E-state index >= 15 is 0 Å². The molecule has 5 heteroatoms. The molecule has 2 atom stereocenters. The third kappa shape index (κ3) is 3.96. The summed E-state index contributed by atoms with van der Waals surface area (Å²) in [4.78, 5) is 11.4. The summed E-state index contributed by atoms with van der Waals surface area (Å²) in [7, 11) is 0. The Morgan fingerprint density at radius 1 is 1.45 bits per heavy atom. The summed E-state index contributed by atoms with van der Waals surface area (Å²) >= 11 is 3.42. The van der Waals surface area contributed by atoms with E-state index in [1.165, 1.54) is 5.56 Å². The quantitative estimate of drug-likeness (QED) is 0.580. The van der Waals surface area contributed by atoms with E-state index in [9.17, 15) is 4.79 Å². The lowest BCUT2D eigenvalue weighted by Gasteiger charge is -2.19. The molecule has 0 bridgehead atoms. The molecule has 4 nitrogen and oxygen atoms in total. The molecule has 110 valence electrons. The van der Waals surface area contributed by atoms with Crippen molar-refractivity contribution < 1.29 is 19.0 Å². The zero-order chi connectivity index (χ0) is 14.6. The van der Waals surface area contributed by atoms with Crippen molar-refractivity contribution in [3.63, 3.8) is 0 Å². The Morgan fingerprint density at radius 3 is 2.65 bits per heavy atom. The molecule has 0 aliphatic carbocycles. The van der Waals surface area contributed by atoms with Gasteiger partial charge in [0.2, 0.25) is 5.79 Å². The molecule has 0 saturated carbocycles. The topological polar surface area (TPSA) is 48.1 Å². The molecule has 1 aromatic rings. The maximum absolute atomic E-state index is 11.4. The molecule has 1 aliphatic heterocycles. The summed E-state index contributed by atoms with van der Waals surface area (Å²) in [6, 6.07) is 8.23. The van der Waals surface area contributed by atoms with Crippen molar-refractivity contribution in [3.8, 4) is 0 Å². The van der Waals surface area contributed by atoms with Crippen LogP contribution in [0.2, 0.25) is 0 Å². The van der Waals surface area contributed by atoms with Gasteiger partial charge in [0.05, 0.1) is 6.61 Å². The SMILES string of the molecule is CCOC(=O)OC1(C(C)CCc2ccc(Br)cc2)CO1. The molecule has 20 heavy (non-hydrogen) atoms. The fourth-order valence-electron chi connectivity index (χ4n) is 2.06. The Balaban J connectivity index is 1.83.